The summed E-state index contributed by atoms with van der Waals surface area (Å²) in [5.74, 6) is -1.21. The van der Waals surface area contributed by atoms with E-state index in [2.05, 4.69) is 44.2 Å². The maximum Gasteiger partial charge on any atom is 0.296 e. The summed E-state index contributed by atoms with van der Waals surface area (Å²) in [6, 6.07) is 7.60. The first kappa shape index (κ1) is 39.4. The molecule has 4 rings (SSSR count). The third-order valence-corrected chi connectivity index (χ3v) is 10.1. The third-order valence-electron chi connectivity index (χ3n) is 6.57. The van der Waals surface area contributed by atoms with Crippen molar-refractivity contribution < 1.29 is 57.0 Å². The van der Waals surface area contributed by atoms with Gasteiger partial charge in [-0.05, 0) is 67.8 Å². The first-order valence-corrected chi connectivity index (χ1v) is 19.5. The Hall–Kier alpha value is -5.34. The number of hydrogen-bond acceptors (Lipinski definition) is 16. The molecule has 0 saturated heterocycles. The molecule has 4 aromatic rings. The lowest BCUT2D eigenvalue weighted by Gasteiger charge is -2.14. The molecule has 0 fully saturated rings. The molecule has 4 aromatic carbocycles. The first-order chi connectivity index (χ1) is 23.8. The van der Waals surface area contributed by atoms with Crippen LogP contribution in [0.2, 0.25) is 0 Å². The number of anilines is 3. The number of allylic oxidation sites excluding steroid dienone is 2. The van der Waals surface area contributed by atoms with Crippen LogP contribution < -0.4 is 16.4 Å². The quantitative estimate of drug-likeness (QED) is 0.0474. The van der Waals surface area contributed by atoms with Gasteiger partial charge in [0.15, 0.2) is 5.75 Å². The van der Waals surface area contributed by atoms with Gasteiger partial charge >= 0.3 is 0 Å². The van der Waals surface area contributed by atoms with Crippen LogP contribution >= 0.6 is 0 Å². The molecule has 276 valence electrons. The van der Waals surface area contributed by atoms with Crippen LogP contribution in [0.15, 0.2) is 113 Å². The number of hydrogen-bond donors (Lipinski definition) is 8. The SMILES string of the molecule is C=C(C)Nc1ccc(S(=O)(=O)O)c(N=Nc2c(S(=O)(=O)O)cc3cc(S(=O)(=O)O)c(N=Nc4cc(NC(=C)C)ccc4S(=O)(=O)O)c(O)c3c2N)c1. The molecule has 52 heavy (non-hydrogen) atoms. The van der Waals surface area contributed by atoms with Gasteiger partial charge in [-0.3, -0.25) is 18.2 Å². The zero-order chi connectivity index (χ0) is 39.1. The predicted molar refractivity (Wildman–Crippen MR) is 187 cm³/mol. The molecule has 0 aromatic heterocycles. The molecule has 0 radical (unpaired) electrons. The van der Waals surface area contributed by atoms with Crippen LogP contribution in [-0.4, -0.2) is 57.0 Å². The fourth-order valence-corrected chi connectivity index (χ4v) is 7.12. The highest BCUT2D eigenvalue weighted by molar-refractivity contribution is 7.86. The standard InChI is InChI=1S/C28H27N7O13S4/c1-13(2)30-16-5-7-20(49(37,38)39)18(11-16)32-34-26-22(51(43,44)45)9-15-10-23(52(46,47)48)27(28(36)24(15)25(26)29)35-33-19-12-17(31-14(3)4)6-8-21(19)50(40,41)42/h5-12,30-31,36H,1,3,29H2,2,4H3,(H,37,38,39)(H,40,41,42)(H,43,44,45)(H,46,47,48). The average Bonchev–Trinajstić information content (AvgIpc) is 2.97. The molecule has 0 bridgehead atoms. The maximum absolute atomic E-state index is 12.5. The minimum Gasteiger partial charge on any atom is -0.505 e. The van der Waals surface area contributed by atoms with E-state index in [0.29, 0.717) is 23.5 Å². The maximum atomic E-state index is 12.5. The average molecular weight is 798 g/mol. The van der Waals surface area contributed by atoms with Gasteiger partial charge in [0.25, 0.3) is 40.5 Å². The Morgan fingerprint density at radius 3 is 1.33 bits per heavy atom. The molecule has 0 atom stereocenters. The van der Waals surface area contributed by atoms with Crippen molar-refractivity contribution in [2.45, 2.75) is 33.4 Å². The normalized spacial score (nSPS) is 12.8. The van der Waals surface area contributed by atoms with Crippen LogP contribution in [0.3, 0.4) is 0 Å². The second-order valence-corrected chi connectivity index (χ2v) is 16.3. The summed E-state index contributed by atoms with van der Waals surface area (Å²) in [5.41, 5.74) is 3.34. The van der Waals surface area contributed by atoms with Crippen LogP contribution in [0.5, 0.6) is 5.75 Å². The van der Waals surface area contributed by atoms with E-state index in [0.717, 1.165) is 24.3 Å². The minimum atomic E-state index is -5.36. The number of phenols is 1. The second kappa shape index (κ2) is 14.0. The van der Waals surface area contributed by atoms with Gasteiger partial charge in [0.2, 0.25) is 0 Å². The van der Waals surface area contributed by atoms with E-state index in [9.17, 15) is 57.0 Å². The number of phenolic OH excluding ortho intramolecular Hbond substituents is 1. The molecular weight excluding hydrogens is 771 g/mol. The van der Waals surface area contributed by atoms with Gasteiger partial charge in [0.1, 0.15) is 42.3 Å². The van der Waals surface area contributed by atoms with Crippen LogP contribution in [0, 0.1) is 0 Å². The molecule has 0 aliphatic carbocycles. The van der Waals surface area contributed by atoms with Gasteiger partial charge in [0, 0.05) is 22.8 Å². The number of nitrogen functional groups attached to an aromatic ring is 1. The van der Waals surface area contributed by atoms with Crippen molar-refractivity contribution >= 4 is 91.1 Å². The van der Waals surface area contributed by atoms with Gasteiger partial charge in [0.05, 0.1) is 11.1 Å². The van der Waals surface area contributed by atoms with Crippen molar-refractivity contribution in [3.8, 4) is 5.75 Å². The molecule has 0 aliphatic rings. The summed E-state index contributed by atoms with van der Waals surface area (Å²) in [5, 5.41) is 30.3. The lowest BCUT2D eigenvalue weighted by molar-refractivity contribution is 0.472. The zero-order valence-electron chi connectivity index (χ0n) is 26.5. The molecule has 20 nitrogen and oxygen atoms in total. The van der Waals surface area contributed by atoms with Gasteiger partial charge in [-0.25, -0.2) is 0 Å². The Bertz CT molecular complexity index is 2530. The lowest BCUT2D eigenvalue weighted by Crippen LogP contribution is -2.04. The van der Waals surface area contributed by atoms with Gasteiger partial charge < -0.3 is 21.5 Å². The van der Waals surface area contributed by atoms with Crippen LogP contribution in [0.4, 0.5) is 39.8 Å². The molecule has 24 heteroatoms. The van der Waals surface area contributed by atoms with E-state index < -0.39 is 105 Å². The lowest BCUT2D eigenvalue weighted by atomic mass is 10.1. The van der Waals surface area contributed by atoms with Gasteiger partial charge in [-0.1, -0.05) is 13.2 Å². The van der Waals surface area contributed by atoms with Gasteiger partial charge in [-0.2, -0.15) is 33.7 Å². The number of azo groups is 2. The fraction of sp³-hybridized carbons (Fsp3) is 0.0714. The molecular formula is C28H27N7O13S4. The van der Waals surface area contributed by atoms with Gasteiger partial charge in [-0.15, -0.1) is 20.5 Å². The summed E-state index contributed by atoms with van der Waals surface area (Å²) in [7, 11) is -20.6. The van der Waals surface area contributed by atoms with E-state index in [1.807, 2.05) is 0 Å². The molecule has 0 saturated carbocycles. The Morgan fingerprint density at radius 2 is 0.962 bits per heavy atom. The number of nitrogens with two attached hydrogens (primary N) is 1. The smallest absolute Gasteiger partial charge is 0.296 e. The van der Waals surface area contributed by atoms with Crippen molar-refractivity contribution in [3.63, 3.8) is 0 Å². The highest BCUT2D eigenvalue weighted by Gasteiger charge is 2.28. The number of fused-ring (bicyclic) bond motifs is 1. The highest BCUT2D eigenvalue weighted by Crippen LogP contribution is 2.48. The number of nitrogens with zero attached hydrogens (tertiary/aromatic N) is 4. The summed E-state index contributed by atoms with van der Waals surface area (Å²) >= 11 is 0. The summed E-state index contributed by atoms with van der Waals surface area (Å²) in [6.07, 6.45) is 0. The number of nitrogens with one attached hydrogen (secondary N) is 2. The summed E-state index contributed by atoms with van der Waals surface area (Å²) in [4.78, 5) is -3.96. The largest absolute Gasteiger partial charge is 0.505 e. The van der Waals surface area contributed by atoms with E-state index in [-0.39, 0.29) is 11.4 Å². The predicted octanol–water partition coefficient (Wildman–Crippen LogP) is 5.84. The van der Waals surface area contributed by atoms with Crippen LogP contribution in [0.1, 0.15) is 13.8 Å². The molecule has 0 unspecified atom stereocenters. The monoisotopic (exact) mass is 797 g/mol. The second-order valence-electron chi connectivity index (χ2n) is 10.8. The van der Waals surface area contributed by atoms with E-state index >= 15 is 0 Å². The van der Waals surface area contributed by atoms with E-state index in [4.69, 9.17) is 5.73 Å². The summed E-state index contributed by atoms with van der Waals surface area (Å²) in [6.45, 7) is 10.4. The minimum absolute atomic E-state index is 0.182. The fourth-order valence-electron chi connectivity index (χ4n) is 4.59. The van der Waals surface area contributed by atoms with Crippen LogP contribution in [0.25, 0.3) is 10.8 Å². The Labute approximate surface area is 296 Å². The van der Waals surface area contributed by atoms with Crippen molar-refractivity contribution in [3.05, 3.63) is 73.1 Å². The van der Waals surface area contributed by atoms with E-state index in [1.165, 1.54) is 12.1 Å². The Kier molecular flexibility index (Phi) is 10.6. The number of rotatable bonds is 12. The topological polar surface area (TPSA) is 337 Å². The zero-order valence-corrected chi connectivity index (χ0v) is 29.8. The van der Waals surface area contributed by atoms with Crippen molar-refractivity contribution in [2.24, 2.45) is 20.5 Å². The highest BCUT2D eigenvalue weighted by atomic mass is 32.2. The third kappa shape index (κ3) is 8.75. The number of aromatic hydroxyl groups is 1. The van der Waals surface area contributed by atoms with Crippen molar-refractivity contribution in [1.82, 2.24) is 0 Å². The molecule has 0 heterocycles. The first-order valence-electron chi connectivity index (χ1n) is 13.8. The molecule has 0 spiro atoms. The van der Waals surface area contributed by atoms with E-state index in [1.54, 1.807) is 13.8 Å². The molecule has 0 aliphatic heterocycles. The van der Waals surface area contributed by atoms with Crippen molar-refractivity contribution in [1.29, 1.82) is 0 Å². The Morgan fingerprint density at radius 1 is 0.596 bits per heavy atom. The van der Waals surface area contributed by atoms with Crippen molar-refractivity contribution in [2.75, 3.05) is 16.4 Å². The number of benzene rings is 4. The molecule has 9 N–H and O–H groups in total. The molecule has 0 amide bonds. The van der Waals surface area contributed by atoms with Crippen LogP contribution in [-0.2, 0) is 40.5 Å². The summed E-state index contributed by atoms with van der Waals surface area (Å²) < 4.78 is 137. The Balaban J connectivity index is 2.07.